The summed E-state index contributed by atoms with van der Waals surface area (Å²) in [5, 5.41) is 7.01. The summed E-state index contributed by atoms with van der Waals surface area (Å²) in [6.07, 6.45) is 2.04. The van der Waals surface area contributed by atoms with E-state index in [4.69, 9.17) is 4.98 Å². The van der Waals surface area contributed by atoms with Crippen molar-refractivity contribution in [2.45, 2.75) is 0 Å². The zero-order chi connectivity index (χ0) is 32.3. The second kappa shape index (κ2) is 11.2. The Morgan fingerprint density at radius 2 is 0.857 bits per heavy atom. The molecule has 0 aliphatic heterocycles. The lowest BCUT2D eigenvalue weighted by molar-refractivity contribution is 1.16. The van der Waals surface area contributed by atoms with Gasteiger partial charge in [-0.15, -0.1) is 0 Å². The van der Waals surface area contributed by atoms with Crippen LogP contribution >= 0.6 is 11.3 Å². The van der Waals surface area contributed by atoms with E-state index in [1.807, 2.05) is 6.20 Å². The minimum atomic E-state index is 1.01. The molecule has 0 aliphatic rings. The van der Waals surface area contributed by atoms with Crippen LogP contribution in [0.1, 0.15) is 0 Å². The van der Waals surface area contributed by atoms with Crippen molar-refractivity contribution in [3.05, 3.63) is 176 Å². The number of rotatable bonds is 5. The van der Waals surface area contributed by atoms with Crippen molar-refractivity contribution in [2.75, 3.05) is 0 Å². The molecule has 0 spiro atoms. The number of benzene rings is 7. The number of hydrogen-bond acceptors (Lipinski definition) is 2. The van der Waals surface area contributed by atoms with E-state index in [9.17, 15) is 0 Å². The van der Waals surface area contributed by atoms with Crippen LogP contribution in [0.2, 0.25) is 0 Å². The normalized spacial score (nSPS) is 11.7. The zero-order valence-corrected chi connectivity index (χ0v) is 27.3. The third-order valence-corrected chi connectivity index (χ3v) is 10.6. The van der Waals surface area contributed by atoms with Gasteiger partial charge in [0, 0.05) is 32.8 Å². The fraction of sp³-hybridized carbons (Fsp3) is 0. The van der Waals surface area contributed by atoms with Crippen LogP contribution in [0.5, 0.6) is 0 Å². The number of hydrogen-bond donors (Lipinski definition) is 0. The summed E-state index contributed by atoms with van der Waals surface area (Å²) in [6, 6.07) is 61.0. The van der Waals surface area contributed by atoms with Gasteiger partial charge in [0.1, 0.15) is 10.0 Å². The van der Waals surface area contributed by atoms with Crippen molar-refractivity contribution in [3.63, 3.8) is 0 Å². The number of nitrogens with zero attached hydrogens (tertiary/aromatic N) is 3. The van der Waals surface area contributed by atoms with Crippen molar-refractivity contribution in [2.24, 2.45) is 0 Å². The second-order valence-corrected chi connectivity index (χ2v) is 13.4. The molecule has 0 aliphatic carbocycles. The van der Waals surface area contributed by atoms with Crippen LogP contribution in [0.15, 0.2) is 176 Å². The molecule has 0 saturated heterocycles. The van der Waals surface area contributed by atoms with Gasteiger partial charge in [0.2, 0.25) is 0 Å². The molecule has 4 heteroatoms. The predicted octanol–water partition coefficient (Wildman–Crippen LogP) is 12.3. The second-order valence-electron chi connectivity index (χ2n) is 12.4. The Hall–Kier alpha value is -6.23. The number of aromatic nitrogens is 3. The quantitative estimate of drug-likeness (QED) is 0.183. The summed E-state index contributed by atoms with van der Waals surface area (Å²) in [4.78, 5) is 4.96. The molecule has 3 nitrogen and oxygen atoms in total. The molecule has 0 saturated carbocycles. The molecule has 10 rings (SSSR count). The molecule has 230 valence electrons. The molecule has 0 unspecified atom stereocenters. The Kier molecular flexibility index (Phi) is 6.36. The summed E-state index contributed by atoms with van der Waals surface area (Å²) >= 11 is 1.73. The van der Waals surface area contributed by atoms with Crippen molar-refractivity contribution >= 4 is 54.9 Å². The molecule has 0 radical (unpaired) electrons. The van der Waals surface area contributed by atoms with Crippen LogP contribution in [-0.4, -0.2) is 14.1 Å². The molecule has 3 heterocycles. The molecule has 0 fully saturated rings. The van der Waals surface area contributed by atoms with E-state index in [2.05, 4.69) is 179 Å². The van der Waals surface area contributed by atoms with Crippen molar-refractivity contribution in [3.8, 4) is 43.5 Å². The first-order valence-electron chi connectivity index (χ1n) is 16.5. The van der Waals surface area contributed by atoms with Gasteiger partial charge in [-0.3, -0.25) is 4.57 Å². The van der Waals surface area contributed by atoms with Gasteiger partial charge < -0.3 is 4.57 Å². The van der Waals surface area contributed by atoms with E-state index >= 15 is 0 Å². The Bertz CT molecular complexity index is 2790. The average Bonchev–Trinajstić information content (AvgIpc) is 3.88. The molecule has 0 bridgehead atoms. The lowest BCUT2D eigenvalue weighted by atomic mass is 10.0. The summed E-state index contributed by atoms with van der Waals surface area (Å²) in [5.74, 6) is 0. The molecule has 0 amide bonds. The maximum Gasteiger partial charge on any atom is 0.125 e. The zero-order valence-electron chi connectivity index (χ0n) is 26.5. The summed E-state index contributed by atoms with van der Waals surface area (Å²) in [6.45, 7) is 0. The Labute approximate surface area is 287 Å². The van der Waals surface area contributed by atoms with Crippen LogP contribution in [0.4, 0.5) is 0 Å². The lowest BCUT2D eigenvalue weighted by Gasteiger charge is -2.11. The molecule has 3 aromatic heterocycles. The standard InChI is InChI=1S/C45H29N3S/c1-5-13-30(14-6-1)33-21-25-40-38(27-33)36-23-24-37-39-28-34(31-15-7-2-8-16-31)22-26-41(39)48(42-29-46-45(49-42)32-17-9-3-10-18-32)44(37)43(36)47(40)35-19-11-4-12-20-35/h1-29H. The number of thiazole rings is 1. The number of fused-ring (bicyclic) bond motifs is 7. The van der Waals surface area contributed by atoms with Gasteiger partial charge in [-0.1, -0.05) is 145 Å². The molecular weight excluding hydrogens is 615 g/mol. The first-order valence-corrected chi connectivity index (χ1v) is 17.4. The highest BCUT2D eigenvalue weighted by Gasteiger charge is 2.23. The van der Waals surface area contributed by atoms with E-state index in [-0.39, 0.29) is 0 Å². The highest BCUT2D eigenvalue weighted by molar-refractivity contribution is 7.17. The van der Waals surface area contributed by atoms with E-state index in [0.717, 1.165) is 21.3 Å². The van der Waals surface area contributed by atoms with Gasteiger partial charge in [-0.05, 0) is 58.7 Å². The maximum atomic E-state index is 4.96. The third kappa shape index (κ3) is 4.46. The van der Waals surface area contributed by atoms with E-state index in [0.29, 0.717) is 0 Å². The molecule has 49 heavy (non-hydrogen) atoms. The van der Waals surface area contributed by atoms with Crippen LogP contribution in [-0.2, 0) is 0 Å². The van der Waals surface area contributed by atoms with E-state index in [1.165, 1.54) is 65.9 Å². The van der Waals surface area contributed by atoms with E-state index < -0.39 is 0 Å². The summed E-state index contributed by atoms with van der Waals surface area (Å²) < 4.78 is 4.90. The smallest absolute Gasteiger partial charge is 0.125 e. The molecule has 7 aromatic carbocycles. The molecule has 10 aromatic rings. The van der Waals surface area contributed by atoms with Crippen LogP contribution in [0.25, 0.3) is 87.1 Å². The highest BCUT2D eigenvalue weighted by Crippen LogP contribution is 2.44. The topological polar surface area (TPSA) is 22.8 Å². The van der Waals surface area contributed by atoms with Crippen LogP contribution < -0.4 is 0 Å². The Morgan fingerprint density at radius 3 is 1.41 bits per heavy atom. The first kappa shape index (κ1) is 27.8. The van der Waals surface area contributed by atoms with Crippen molar-refractivity contribution in [1.29, 1.82) is 0 Å². The van der Waals surface area contributed by atoms with Gasteiger partial charge >= 0.3 is 0 Å². The van der Waals surface area contributed by atoms with Crippen molar-refractivity contribution in [1.82, 2.24) is 14.1 Å². The third-order valence-electron chi connectivity index (χ3n) is 9.62. The number of para-hydroxylation sites is 1. The van der Waals surface area contributed by atoms with Gasteiger partial charge in [0.05, 0.1) is 28.3 Å². The highest BCUT2D eigenvalue weighted by atomic mass is 32.1. The monoisotopic (exact) mass is 643 g/mol. The first-order chi connectivity index (χ1) is 24.3. The molecule has 0 N–H and O–H groups in total. The van der Waals surface area contributed by atoms with Gasteiger partial charge in [0.25, 0.3) is 0 Å². The fourth-order valence-corrected chi connectivity index (χ4v) is 8.32. The molecule has 0 atom stereocenters. The fourth-order valence-electron chi connectivity index (χ4n) is 7.38. The van der Waals surface area contributed by atoms with Crippen LogP contribution in [0.3, 0.4) is 0 Å². The Morgan fingerprint density at radius 1 is 0.388 bits per heavy atom. The Balaban J connectivity index is 1.35. The summed E-state index contributed by atoms with van der Waals surface area (Å²) in [5.41, 5.74) is 11.8. The predicted molar refractivity (Wildman–Crippen MR) is 207 cm³/mol. The summed E-state index contributed by atoms with van der Waals surface area (Å²) in [7, 11) is 0. The molecular formula is C45H29N3S. The average molecular weight is 644 g/mol. The maximum absolute atomic E-state index is 4.96. The van der Waals surface area contributed by atoms with Gasteiger partial charge in [-0.25, -0.2) is 4.98 Å². The van der Waals surface area contributed by atoms with Gasteiger partial charge in [0.15, 0.2) is 0 Å². The van der Waals surface area contributed by atoms with Crippen LogP contribution in [0, 0.1) is 0 Å². The lowest BCUT2D eigenvalue weighted by Crippen LogP contribution is -1.97. The van der Waals surface area contributed by atoms with E-state index in [1.54, 1.807) is 11.3 Å². The minimum Gasteiger partial charge on any atom is -0.307 e. The van der Waals surface area contributed by atoms with Crippen molar-refractivity contribution < 1.29 is 0 Å². The largest absolute Gasteiger partial charge is 0.307 e. The van der Waals surface area contributed by atoms with Gasteiger partial charge in [-0.2, -0.15) is 0 Å². The SMILES string of the molecule is c1ccc(-c2ccc3c(c2)c2ccc4c5cc(-c6ccccc6)ccc5n(-c5cnc(-c6ccccc6)s5)c4c2n3-c2ccccc2)cc1. The minimum absolute atomic E-state index is 1.01.